The van der Waals surface area contributed by atoms with E-state index in [-0.39, 0.29) is 17.5 Å². The van der Waals surface area contributed by atoms with E-state index in [0.717, 1.165) is 28.9 Å². The zero-order valence-corrected chi connectivity index (χ0v) is 14.0. The highest BCUT2D eigenvalue weighted by molar-refractivity contribution is 7.91. The van der Waals surface area contributed by atoms with Gasteiger partial charge in [-0.3, -0.25) is 0 Å². The maximum Gasteiger partial charge on any atom is 0.152 e. The van der Waals surface area contributed by atoms with E-state index in [1.807, 2.05) is 0 Å². The monoisotopic (exact) mass is 337 g/mol. The summed E-state index contributed by atoms with van der Waals surface area (Å²) in [6.45, 7) is 0. The number of aromatic nitrogens is 2. The predicted octanol–water partition coefficient (Wildman–Crippen LogP) is 2.56. The third-order valence-electron chi connectivity index (χ3n) is 4.57. The maximum atomic E-state index is 11.7. The Hall–Kier alpha value is -1.21. The number of hydrogen-bond donors (Lipinski definition) is 1. The van der Waals surface area contributed by atoms with Gasteiger partial charge in [-0.05, 0) is 37.7 Å². The molecular weight excluding hydrogens is 318 g/mol. The first kappa shape index (κ1) is 14.4. The minimum absolute atomic E-state index is 0.0237. The summed E-state index contributed by atoms with van der Waals surface area (Å²) >= 11 is 1.78. The maximum absolute atomic E-state index is 11.7. The molecule has 1 atom stereocenters. The fourth-order valence-electron chi connectivity index (χ4n) is 3.48. The molecule has 1 N–H and O–H groups in total. The standard InChI is InChI=1S/C15H19N3O2S2/c19-22(20)7-6-10(8-22)18-14-13-11-4-2-1-3-5-12(11)21-15(13)17-9-16-14/h9-10H,1-8H2,(H,16,17,18)/t10-/m1/s1. The topological polar surface area (TPSA) is 72.0 Å². The highest BCUT2D eigenvalue weighted by Crippen LogP contribution is 2.37. The molecule has 0 spiro atoms. The second-order valence-corrected chi connectivity index (χ2v) is 9.52. The normalized spacial score (nSPS) is 24.1. The van der Waals surface area contributed by atoms with Crippen LogP contribution in [-0.4, -0.2) is 35.9 Å². The van der Waals surface area contributed by atoms with Crippen LogP contribution >= 0.6 is 11.3 Å². The molecule has 1 aliphatic heterocycles. The number of nitrogens with zero attached hydrogens (tertiary/aromatic N) is 2. The van der Waals surface area contributed by atoms with E-state index in [0.29, 0.717) is 6.42 Å². The van der Waals surface area contributed by atoms with Crippen LogP contribution < -0.4 is 5.32 Å². The molecule has 7 heteroatoms. The van der Waals surface area contributed by atoms with E-state index in [4.69, 9.17) is 0 Å². The molecule has 1 saturated heterocycles. The van der Waals surface area contributed by atoms with Gasteiger partial charge < -0.3 is 5.32 Å². The smallest absolute Gasteiger partial charge is 0.152 e. The van der Waals surface area contributed by atoms with E-state index < -0.39 is 9.84 Å². The number of rotatable bonds is 2. The highest BCUT2D eigenvalue weighted by Gasteiger charge is 2.29. The molecule has 2 aromatic heterocycles. The summed E-state index contributed by atoms with van der Waals surface area (Å²) in [5.41, 5.74) is 1.39. The van der Waals surface area contributed by atoms with Gasteiger partial charge >= 0.3 is 0 Å². The number of aryl methyl sites for hydroxylation is 2. The Kier molecular flexibility index (Phi) is 3.57. The van der Waals surface area contributed by atoms with Gasteiger partial charge in [-0.1, -0.05) is 6.42 Å². The van der Waals surface area contributed by atoms with Crippen LogP contribution in [0.3, 0.4) is 0 Å². The first-order valence-electron chi connectivity index (χ1n) is 7.84. The highest BCUT2D eigenvalue weighted by atomic mass is 32.2. The molecule has 1 aliphatic carbocycles. The van der Waals surface area contributed by atoms with Crippen LogP contribution in [0.5, 0.6) is 0 Å². The Balaban J connectivity index is 1.73. The molecule has 118 valence electrons. The van der Waals surface area contributed by atoms with Gasteiger partial charge in [-0.2, -0.15) is 0 Å². The molecule has 0 saturated carbocycles. The molecule has 0 radical (unpaired) electrons. The molecule has 2 aromatic rings. The van der Waals surface area contributed by atoms with Crippen molar-refractivity contribution in [1.29, 1.82) is 0 Å². The van der Waals surface area contributed by atoms with Crippen molar-refractivity contribution in [2.75, 3.05) is 16.8 Å². The van der Waals surface area contributed by atoms with Crippen molar-refractivity contribution >= 4 is 37.2 Å². The molecular formula is C15H19N3O2S2. The third-order valence-corrected chi connectivity index (χ3v) is 7.54. The summed E-state index contributed by atoms with van der Waals surface area (Å²) in [4.78, 5) is 11.3. The lowest BCUT2D eigenvalue weighted by atomic mass is 10.1. The van der Waals surface area contributed by atoms with Crippen molar-refractivity contribution < 1.29 is 8.42 Å². The van der Waals surface area contributed by atoms with Crippen molar-refractivity contribution in [2.45, 2.75) is 44.6 Å². The SMILES string of the molecule is O=S1(=O)CC[C@@H](Nc2ncnc3sc4c(c23)CCCCC4)C1. The average Bonchev–Trinajstić information content (AvgIpc) is 2.91. The van der Waals surface area contributed by atoms with Crippen LogP contribution in [0.15, 0.2) is 6.33 Å². The van der Waals surface area contributed by atoms with Crippen molar-refractivity contribution in [1.82, 2.24) is 9.97 Å². The number of fused-ring (bicyclic) bond motifs is 3. The lowest BCUT2D eigenvalue weighted by Gasteiger charge is -2.13. The Morgan fingerprint density at radius 3 is 2.86 bits per heavy atom. The van der Waals surface area contributed by atoms with E-state index >= 15 is 0 Å². The van der Waals surface area contributed by atoms with Crippen LogP contribution in [0.25, 0.3) is 10.2 Å². The Morgan fingerprint density at radius 2 is 2.05 bits per heavy atom. The first-order valence-corrected chi connectivity index (χ1v) is 10.5. The van der Waals surface area contributed by atoms with Crippen molar-refractivity contribution in [3.8, 4) is 0 Å². The molecule has 0 aromatic carbocycles. The van der Waals surface area contributed by atoms with Crippen LogP contribution in [0.1, 0.15) is 36.1 Å². The zero-order chi connectivity index (χ0) is 15.2. The summed E-state index contributed by atoms with van der Waals surface area (Å²) in [5, 5.41) is 4.51. The second kappa shape index (κ2) is 5.45. The summed E-state index contributed by atoms with van der Waals surface area (Å²) in [6.07, 6.45) is 8.21. The fourth-order valence-corrected chi connectivity index (χ4v) is 6.38. The Labute approximate surface area is 134 Å². The molecule has 0 bridgehead atoms. The van der Waals surface area contributed by atoms with Gasteiger partial charge in [0.15, 0.2) is 9.84 Å². The Bertz CT molecular complexity index is 814. The van der Waals surface area contributed by atoms with Crippen LogP contribution in [0, 0.1) is 0 Å². The first-order chi connectivity index (χ1) is 10.6. The number of hydrogen-bond acceptors (Lipinski definition) is 6. The van der Waals surface area contributed by atoms with Gasteiger partial charge in [0.25, 0.3) is 0 Å². The van der Waals surface area contributed by atoms with Gasteiger partial charge in [0, 0.05) is 10.9 Å². The van der Waals surface area contributed by atoms with Gasteiger partial charge in [-0.15, -0.1) is 11.3 Å². The van der Waals surface area contributed by atoms with Crippen LogP contribution in [0.4, 0.5) is 5.82 Å². The summed E-state index contributed by atoms with van der Waals surface area (Å²) in [5.74, 6) is 1.32. The molecule has 0 amide bonds. The van der Waals surface area contributed by atoms with Crippen LogP contribution in [-0.2, 0) is 22.7 Å². The summed E-state index contributed by atoms with van der Waals surface area (Å²) in [6, 6.07) is -0.0237. The summed E-state index contributed by atoms with van der Waals surface area (Å²) < 4.78 is 23.3. The van der Waals surface area contributed by atoms with Gasteiger partial charge in [-0.25, -0.2) is 18.4 Å². The largest absolute Gasteiger partial charge is 0.366 e. The predicted molar refractivity (Wildman–Crippen MR) is 89.4 cm³/mol. The average molecular weight is 337 g/mol. The Morgan fingerprint density at radius 1 is 1.18 bits per heavy atom. The number of anilines is 1. The van der Waals surface area contributed by atoms with Crippen molar-refractivity contribution in [3.63, 3.8) is 0 Å². The number of thiophene rings is 1. The molecule has 22 heavy (non-hydrogen) atoms. The van der Waals surface area contributed by atoms with E-state index in [1.54, 1.807) is 17.7 Å². The fraction of sp³-hybridized carbons (Fsp3) is 0.600. The third kappa shape index (κ3) is 2.60. The molecule has 0 unspecified atom stereocenters. The molecule has 1 fully saturated rings. The van der Waals surface area contributed by atoms with Gasteiger partial charge in [0.1, 0.15) is 17.0 Å². The van der Waals surface area contributed by atoms with E-state index in [9.17, 15) is 8.42 Å². The number of sulfone groups is 1. The van der Waals surface area contributed by atoms with Gasteiger partial charge in [0.05, 0.1) is 16.9 Å². The second-order valence-electron chi connectivity index (χ2n) is 6.21. The molecule has 4 rings (SSSR count). The quantitative estimate of drug-likeness (QED) is 0.853. The minimum atomic E-state index is -2.88. The lowest BCUT2D eigenvalue weighted by Crippen LogP contribution is -2.21. The molecule has 2 aliphatic rings. The van der Waals surface area contributed by atoms with Crippen LogP contribution in [0.2, 0.25) is 0 Å². The van der Waals surface area contributed by atoms with Gasteiger partial charge in [0.2, 0.25) is 0 Å². The van der Waals surface area contributed by atoms with E-state index in [1.165, 1.54) is 29.7 Å². The minimum Gasteiger partial charge on any atom is -0.366 e. The summed E-state index contributed by atoms with van der Waals surface area (Å²) in [7, 11) is -2.88. The zero-order valence-electron chi connectivity index (χ0n) is 12.3. The van der Waals surface area contributed by atoms with Crippen molar-refractivity contribution in [3.05, 3.63) is 16.8 Å². The molecule has 5 nitrogen and oxygen atoms in total. The lowest BCUT2D eigenvalue weighted by molar-refractivity contribution is 0.602. The van der Waals surface area contributed by atoms with Crippen molar-refractivity contribution in [2.24, 2.45) is 0 Å². The van der Waals surface area contributed by atoms with E-state index in [2.05, 4.69) is 15.3 Å². The molecule has 3 heterocycles. The number of nitrogens with one attached hydrogen (secondary N) is 1.